The summed E-state index contributed by atoms with van der Waals surface area (Å²) < 4.78 is 18.3. The van der Waals surface area contributed by atoms with Crippen molar-refractivity contribution < 1.29 is 13.3 Å². The van der Waals surface area contributed by atoms with Crippen LogP contribution in [0.2, 0.25) is 6.04 Å². The molecule has 0 aliphatic rings. The predicted molar refractivity (Wildman–Crippen MR) is 82.1 cm³/mol. The summed E-state index contributed by atoms with van der Waals surface area (Å²) in [5.41, 5.74) is 5.54. The molecule has 0 aliphatic carbocycles. The van der Waals surface area contributed by atoms with E-state index in [-0.39, 0.29) is 18.3 Å². The van der Waals surface area contributed by atoms with Gasteiger partial charge in [-0.05, 0) is 60.9 Å². The van der Waals surface area contributed by atoms with E-state index >= 15 is 0 Å². The van der Waals surface area contributed by atoms with Crippen LogP contribution in [0, 0.1) is 0 Å². The van der Waals surface area contributed by atoms with E-state index in [0.717, 1.165) is 31.9 Å². The van der Waals surface area contributed by atoms with Crippen molar-refractivity contribution in [2.45, 2.75) is 85.2 Å². The van der Waals surface area contributed by atoms with Crippen LogP contribution in [0.3, 0.4) is 0 Å². The molecule has 0 radical (unpaired) electrons. The molecule has 0 rings (SSSR count). The van der Waals surface area contributed by atoms with Crippen LogP contribution in [0.25, 0.3) is 0 Å². The van der Waals surface area contributed by atoms with Crippen LogP contribution in [0.5, 0.6) is 0 Å². The van der Waals surface area contributed by atoms with Crippen LogP contribution >= 0.6 is 0 Å². The lowest BCUT2D eigenvalue weighted by atomic mass is 10.2. The van der Waals surface area contributed by atoms with E-state index in [1.165, 1.54) is 0 Å². The van der Waals surface area contributed by atoms with E-state index in [0.29, 0.717) is 0 Å². The Morgan fingerprint density at radius 3 is 1.47 bits per heavy atom. The van der Waals surface area contributed by atoms with Crippen molar-refractivity contribution in [3.8, 4) is 0 Å². The second-order valence-electron chi connectivity index (χ2n) is 5.78. The first-order valence-corrected chi connectivity index (χ1v) is 9.48. The number of hydrogen-bond donors (Lipinski definition) is 1. The Morgan fingerprint density at radius 2 is 1.16 bits per heavy atom. The number of unbranched alkanes of at least 4 members (excludes halogenated alkanes) is 2. The van der Waals surface area contributed by atoms with Crippen LogP contribution in [0.15, 0.2) is 0 Å². The standard InChI is InChI=1S/C14H33NO3Si/c1-12(2)16-19(17-13(3)4,18-14(5)6)11-9-7-8-10-15/h12-14H,7-11,15H2,1-6H3. The second-order valence-corrected chi connectivity index (χ2v) is 8.36. The SMILES string of the molecule is CC(C)O[Si](CCCCCN)(OC(C)C)OC(C)C. The summed E-state index contributed by atoms with van der Waals surface area (Å²) in [7, 11) is -2.58. The molecule has 4 nitrogen and oxygen atoms in total. The number of nitrogens with two attached hydrogens (primary N) is 1. The van der Waals surface area contributed by atoms with E-state index in [2.05, 4.69) is 0 Å². The summed E-state index contributed by atoms with van der Waals surface area (Å²) in [4.78, 5) is 0. The molecule has 0 aromatic carbocycles. The molecule has 0 saturated heterocycles. The molecule has 0 aromatic rings. The summed E-state index contributed by atoms with van der Waals surface area (Å²) in [5, 5.41) is 0. The maximum atomic E-state index is 6.10. The fourth-order valence-electron chi connectivity index (χ4n) is 2.00. The average Bonchev–Trinajstić information content (AvgIpc) is 2.21. The first-order chi connectivity index (χ1) is 8.81. The lowest BCUT2D eigenvalue weighted by Gasteiger charge is -2.34. The molecule has 5 heteroatoms. The molecule has 0 unspecified atom stereocenters. The van der Waals surface area contributed by atoms with Gasteiger partial charge in [-0.25, -0.2) is 0 Å². The lowest BCUT2D eigenvalue weighted by Crippen LogP contribution is -2.50. The van der Waals surface area contributed by atoms with Crippen molar-refractivity contribution in [3.05, 3.63) is 0 Å². The van der Waals surface area contributed by atoms with Crippen LogP contribution in [0.1, 0.15) is 60.8 Å². The molecule has 0 amide bonds. The summed E-state index contributed by atoms with van der Waals surface area (Å²) in [5.74, 6) is 0. The van der Waals surface area contributed by atoms with Gasteiger partial charge < -0.3 is 19.0 Å². The van der Waals surface area contributed by atoms with E-state index in [9.17, 15) is 0 Å². The molecular weight excluding hydrogens is 258 g/mol. The summed E-state index contributed by atoms with van der Waals surface area (Å²) in [6.07, 6.45) is 3.58. The quantitative estimate of drug-likeness (QED) is 0.468. The fourth-order valence-corrected chi connectivity index (χ4v) is 5.36. The van der Waals surface area contributed by atoms with Crippen LogP contribution in [0.4, 0.5) is 0 Å². The van der Waals surface area contributed by atoms with Crippen molar-refractivity contribution in [2.24, 2.45) is 5.73 Å². The van der Waals surface area contributed by atoms with Gasteiger partial charge >= 0.3 is 8.80 Å². The minimum absolute atomic E-state index is 0.124. The van der Waals surface area contributed by atoms with Gasteiger partial charge in [-0.2, -0.15) is 0 Å². The fraction of sp³-hybridized carbons (Fsp3) is 1.00. The topological polar surface area (TPSA) is 53.7 Å². The predicted octanol–water partition coefficient (Wildman–Crippen LogP) is 3.33. The highest BCUT2D eigenvalue weighted by Crippen LogP contribution is 2.24. The Bertz CT molecular complexity index is 196. The van der Waals surface area contributed by atoms with E-state index in [1.807, 2.05) is 41.5 Å². The van der Waals surface area contributed by atoms with Crippen molar-refractivity contribution in [2.75, 3.05) is 6.54 Å². The van der Waals surface area contributed by atoms with Gasteiger partial charge in [0.1, 0.15) is 0 Å². The molecule has 0 atom stereocenters. The van der Waals surface area contributed by atoms with Crippen LogP contribution < -0.4 is 5.73 Å². The van der Waals surface area contributed by atoms with Gasteiger partial charge in [-0.1, -0.05) is 6.42 Å². The van der Waals surface area contributed by atoms with Crippen LogP contribution in [-0.4, -0.2) is 33.7 Å². The molecular formula is C14H33NO3Si. The zero-order chi connectivity index (χ0) is 14.9. The highest BCUT2D eigenvalue weighted by Gasteiger charge is 2.43. The molecule has 116 valence electrons. The van der Waals surface area contributed by atoms with Crippen molar-refractivity contribution in [1.82, 2.24) is 0 Å². The van der Waals surface area contributed by atoms with Gasteiger partial charge in [0.2, 0.25) is 0 Å². The van der Waals surface area contributed by atoms with Gasteiger partial charge in [-0.3, -0.25) is 0 Å². The molecule has 0 saturated carbocycles. The van der Waals surface area contributed by atoms with E-state index in [4.69, 9.17) is 19.0 Å². The maximum Gasteiger partial charge on any atom is 0.501 e. The largest absolute Gasteiger partial charge is 0.501 e. The lowest BCUT2D eigenvalue weighted by molar-refractivity contribution is 0.00279. The van der Waals surface area contributed by atoms with Crippen molar-refractivity contribution in [3.63, 3.8) is 0 Å². The highest BCUT2D eigenvalue weighted by molar-refractivity contribution is 6.60. The van der Waals surface area contributed by atoms with Crippen molar-refractivity contribution in [1.29, 1.82) is 0 Å². The second kappa shape index (κ2) is 9.88. The molecule has 0 aromatic heterocycles. The van der Waals surface area contributed by atoms with E-state index < -0.39 is 8.80 Å². The minimum atomic E-state index is -2.58. The third kappa shape index (κ3) is 9.57. The summed E-state index contributed by atoms with van der Waals surface area (Å²) in [6, 6.07) is 0.877. The van der Waals surface area contributed by atoms with Gasteiger partial charge in [0, 0.05) is 24.4 Å². The van der Waals surface area contributed by atoms with Gasteiger partial charge in [0.25, 0.3) is 0 Å². The number of hydrogen-bond acceptors (Lipinski definition) is 4. The summed E-state index contributed by atoms with van der Waals surface area (Å²) in [6.45, 7) is 13.0. The Balaban J connectivity index is 4.68. The zero-order valence-corrected chi connectivity index (χ0v) is 14.6. The first kappa shape index (κ1) is 19.1. The maximum absolute atomic E-state index is 6.10. The van der Waals surface area contributed by atoms with Gasteiger partial charge in [-0.15, -0.1) is 0 Å². The third-order valence-electron chi connectivity index (χ3n) is 2.43. The zero-order valence-electron chi connectivity index (χ0n) is 13.6. The molecule has 0 heterocycles. The monoisotopic (exact) mass is 291 g/mol. The molecule has 0 bridgehead atoms. The Morgan fingerprint density at radius 1 is 0.737 bits per heavy atom. The molecule has 2 N–H and O–H groups in total. The highest BCUT2D eigenvalue weighted by atomic mass is 28.4. The molecule has 0 aliphatic heterocycles. The average molecular weight is 292 g/mol. The number of rotatable bonds is 11. The Hall–Kier alpha value is 0.0569. The van der Waals surface area contributed by atoms with Crippen LogP contribution in [-0.2, 0) is 13.3 Å². The Labute approximate surface area is 120 Å². The minimum Gasteiger partial charge on any atom is -0.371 e. The van der Waals surface area contributed by atoms with Gasteiger partial charge in [0.05, 0.1) is 0 Å². The Kier molecular flexibility index (Phi) is 9.91. The normalized spacial score (nSPS) is 12.9. The van der Waals surface area contributed by atoms with Gasteiger partial charge in [0.15, 0.2) is 0 Å². The molecule has 0 fully saturated rings. The molecule has 0 spiro atoms. The first-order valence-electron chi connectivity index (χ1n) is 7.55. The third-order valence-corrected chi connectivity index (χ3v) is 5.89. The summed E-state index contributed by atoms with van der Waals surface area (Å²) >= 11 is 0. The smallest absolute Gasteiger partial charge is 0.371 e. The van der Waals surface area contributed by atoms with Crippen molar-refractivity contribution >= 4 is 8.80 Å². The molecule has 19 heavy (non-hydrogen) atoms. The van der Waals surface area contributed by atoms with E-state index in [1.54, 1.807) is 0 Å².